The van der Waals surface area contributed by atoms with Crippen LogP contribution in [-0.4, -0.2) is 51.7 Å². The number of nitrogens with zero attached hydrogens (tertiary/aromatic N) is 2. The smallest absolute Gasteiger partial charge is 0.243 e. The van der Waals surface area contributed by atoms with Crippen molar-refractivity contribution in [1.82, 2.24) is 4.31 Å². The summed E-state index contributed by atoms with van der Waals surface area (Å²) in [6.45, 7) is 2.55. The van der Waals surface area contributed by atoms with E-state index in [1.165, 1.54) is 4.31 Å². The molecule has 2 N–H and O–H groups in total. The van der Waals surface area contributed by atoms with Crippen LogP contribution in [0.2, 0.25) is 0 Å². The normalized spacial score (nSPS) is 19.0. The summed E-state index contributed by atoms with van der Waals surface area (Å²) in [5.74, 6) is -0.642. The lowest BCUT2D eigenvalue weighted by Gasteiger charge is -2.31. The quantitative estimate of drug-likeness (QED) is 0.678. The van der Waals surface area contributed by atoms with Gasteiger partial charge < -0.3 is 15.5 Å². The number of amides is 2. The van der Waals surface area contributed by atoms with Gasteiger partial charge in [0.05, 0.1) is 10.8 Å². The molecule has 0 radical (unpaired) electrons. The maximum atomic E-state index is 13.4. The van der Waals surface area contributed by atoms with E-state index in [-0.39, 0.29) is 23.3 Å². The molecule has 2 aromatic rings. The summed E-state index contributed by atoms with van der Waals surface area (Å²) in [7, 11) is 0.155. The molecule has 2 aliphatic heterocycles. The van der Waals surface area contributed by atoms with Gasteiger partial charge in [0.15, 0.2) is 0 Å². The minimum atomic E-state index is -3.75. The van der Waals surface area contributed by atoms with Crippen LogP contribution < -0.4 is 15.5 Å². The Morgan fingerprint density at radius 3 is 2.68 bits per heavy atom. The Kier molecular flexibility index (Phi) is 6.95. The van der Waals surface area contributed by atoms with Crippen LogP contribution in [-0.2, 0) is 26.0 Å². The zero-order chi connectivity index (χ0) is 24.5. The van der Waals surface area contributed by atoms with Crippen molar-refractivity contribution in [2.75, 3.05) is 42.7 Å². The first-order valence-corrected chi connectivity index (χ1v) is 13.1. The molecule has 2 aliphatic rings. The van der Waals surface area contributed by atoms with E-state index in [2.05, 4.69) is 10.6 Å². The summed E-state index contributed by atoms with van der Waals surface area (Å²) in [4.78, 5) is 27.0. The van der Waals surface area contributed by atoms with Crippen LogP contribution in [0.1, 0.15) is 36.8 Å². The second kappa shape index (κ2) is 9.76. The number of benzene rings is 2. The number of aryl methyl sites for hydroxylation is 2. The van der Waals surface area contributed by atoms with E-state index in [1.807, 2.05) is 44.1 Å². The van der Waals surface area contributed by atoms with E-state index in [9.17, 15) is 18.0 Å². The molecule has 9 heteroatoms. The van der Waals surface area contributed by atoms with Crippen molar-refractivity contribution < 1.29 is 18.0 Å². The van der Waals surface area contributed by atoms with E-state index in [1.54, 1.807) is 18.2 Å². The number of anilines is 3. The van der Waals surface area contributed by atoms with Crippen LogP contribution in [0.25, 0.3) is 0 Å². The molecule has 0 bridgehead atoms. The molecule has 0 saturated carbocycles. The van der Waals surface area contributed by atoms with Crippen LogP contribution in [0.4, 0.5) is 17.1 Å². The fourth-order valence-corrected chi connectivity index (χ4v) is 6.22. The molecule has 0 aliphatic carbocycles. The Morgan fingerprint density at radius 2 is 1.91 bits per heavy atom. The summed E-state index contributed by atoms with van der Waals surface area (Å²) in [6.07, 6.45) is 3.02. The number of carbonyl (C=O) groups excluding carboxylic acids is 2. The molecule has 2 heterocycles. The molecule has 1 fully saturated rings. The third-order valence-corrected chi connectivity index (χ3v) is 8.41. The summed E-state index contributed by atoms with van der Waals surface area (Å²) < 4.78 is 28.2. The molecule has 0 unspecified atom stereocenters. The van der Waals surface area contributed by atoms with Crippen LogP contribution in [0.15, 0.2) is 41.3 Å². The molecular formula is C25H32N4O4S. The van der Waals surface area contributed by atoms with Crippen LogP contribution in [0.5, 0.6) is 0 Å². The van der Waals surface area contributed by atoms with Gasteiger partial charge in [-0.2, -0.15) is 4.31 Å². The third-order valence-electron chi connectivity index (χ3n) is 6.55. The minimum absolute atomic E-state index is 0.0504. The molecule has 4 rings (SSSR count). The predicted molar refractivity (Wildman–Crippen MR) is 134 cm³/mol. The first kappa shape index (κ1) is 24.2. The largest absolute Gasteiger partial charge is 0.377 e. The van der Waals surface area contributed by atoms with Gasteiger partial charge >= 0.3 is 0 Å². The van der Waals surface area contributed by atoms with Crippen molar-refractivity contribution in [3.05, 3.63) is 47.5 Å². The average Bonchev–Trinajstić information content (AvgIpc) is 3.00. The lowest BCUT2D eigenvalue weighted by molar-refractivity contribution is -0.121. The molecule has 1 atom stereocenters. The molecule has 2 amide bonds. The van der Waals surface area contributed by atoms with Crippen molar-refractivity contribution in [3.63, 3.8) is 0 Å². The van der Waals surface area contributed by atoms with Gasteiger partial charge in [0.25, 0.3) is 0 Å². The van der Waals surface area contributed by atoms with Crippen molar-refractivity contribution in [2.24, 2.45) is 5.92 Å². The lowest BCUT2D eigenvalue weighted by atomic mass is 9.98. The van der Waals surface area contributed by atoms with Gasteiger partial charge in [-0.25, -0.2) is 8.42 Å². The summed E-state index contributed by atoms with van der Waals surface area (Å²) >= 11 is 0. The lowest BCUT2D eigenvalue weighted by Crippen LogP contribution is -2.43. The second-order valence-corrected chi connectivity index (χ2v) is 11.2. The number of sulfonamides is 1. The van der Waals surface area contributed by atoms with Gasteiger partial charge in [0.1, 0.15) is 0 Å². The molecule has 0 spiro atoms. The highest BCUT2D eigenvalue weighted by molar-refractivity contribution is 7.89. The number of fused-ring (bicyclic) bond motifs is 1. The number of rotatable bonds is 5. The Bertz CT molecular complexity index is 1210. The Morgan fingerprint density at radius 1 is 1.12 bits per heavy atom. The topological polar surface area (TPSA) is 98.8 Å². The molecule has 182 valence electrons. The second-order valence-electron chi connectivity index (χ2n) is 9.31. The molecule has 34 heavy (non-hydrogen) atoms. The van der Waals surface area contributed by atoms with E-state index in [0.717, 1.165) is 16.8 Å². The van der Waals surface area contributed by atoms with Gasteiger partial charge in [-0.15, -0.1) is 0 Å². The van der Waals surface area contributed by atoms with Crippen molar-refractivity contribution in [1.29, 1.82) is 0 Å². The molecular weight excluding hydrogens is 452 g/mol. The maximum absolute atomic E-state index is 13.4. The van der Waals surface area contributed by atoms with Gasteiger partial charge in [0, 0.05) is 50.7 Å². The molecule has 1 saturated heterocycles. The number of carbonyl (C=O) groups is 2. The molecule has 2 aromatic carbocycles. The van der Waals surface area contributed by atoms with Gasteiger partial charge in [0.2, 0.25) is 21.8 Å². The summed E-state index contributed by atoms with van der Waals surface area (Å²) in [5.41, 5.74) is 4.33. The van der Waals surface area contributed by atoms with E-state index >= 15 is 0 Å². The standard InChI is InChI=1S/C25H32N4O4S/c1-17-9-10-20(15-23(17)28(2)3)26-25(31)19-7-5-13-29(16-19)34(32,33)21-11-12-22-18(14-21)6-4-8-24(30)27-22/h9-12,14-15,19H,4-8,13,16H2,1-3H3,(H,26,31)(H,27,30)/t19-/m0/s1. The van der Waals surface area contributed by atoms with E-state index in [4.69, 9.17) is 0 Å². The summed E-state index contributed by atoms with van der Waals surface area (Å²) in [6, 6.07) is 10.6. The van der Waals surface area contributed by atoms with Crippen molar-refractivity contribution in [2.45, 2.75) is 43.9 Å². The zero-order valence-electron chi connectivity index (χ0n) is 19.9. The van der Waals surface area contributed by atoms with Crippen LogP contribution in [0.3, 0.4) is 0 Å². The number of hydrogen-bond donors (Lipinski definition) is 2. The minimum Gasteiger partial charge on any atom is -0.377 e. The van der Waals surface area contributed by atoms with Gasteiger partial charge in [-0.3, -0.25) is 9.59 Å². The highest BCUT2D eigenvalue weighted by Crippen LogP contribution is 2.30. The maximum Gasteiger partial charge on any atom is 0.243 e. The third kappa shape index (κ3) is 5.10. The fourth-order valence-electron chi connectivity index (χ4n) is 4.65. The molecule has 8 nitrogen and oxygen atoms in total. The Hall–Kier alpha value is -2.91. The SMILES string of the molecule is Cc1ccc(NC(=O)[C@H]2CCCN(S(=O)(=O)c3ccc4c(c3)CCCC(=O)N4)C2)cc1N(C)C. The Labute approximate surface area is 201 Å². The average molecular weight is 485 g/mol. The Balaban J connectivity index is 1.49. The first-order valence-electron chi connectivity index (χ1n) is 11.7. The van der Waals surface area contributed by atoms with Crippen LogP contribution >= 0.6 is 0 Å². The predicted octanol–water partition coefficient (Wildman–Crippen LogP) is 3.38. The summed E-state index contributed by atoms with van der Waals surface area (Å²) in [5, 5.41) is 5.81. The monoisotopic (exact) mass is 484 g/mol. The fraction of sp³-hybridized carbons (Fsp3) is 0.440. The highest BCUT2D eigenvalue weighted by atomic mass is 32.2. The van der Waals surface area contributed by atoms with Gasteiger partial charge in [-0.05, 0) is 74.1 Å². The van der Waals surface area contributed by atoms with Crippen molar-refractivity contribution in [3.8, 4) is 0 Å². The van der Waals surface area contributed by atoms with Gasteiger partial charge in [-0.1, -0.05) is 6.07 Å². The van der Waals surface area contributed by atoms with E-state index < -0.39 is 15.9 Å². The number of nitrogens with one attached hydrogen (secondary N) is 2. The first-order chi connectivity index (χ1) is 16.1. The number of hydrogen-bond acceptors (Lipinski definition) is 5. The zero-order valence-corrected chi connectivity index (χ0v) is 20.7. The van der Waals surface area contributed by atoms with Crippen molar-refractivity contribution >= 4 is 38.9 Å². The van der Waals surface area contributed by atoms with Crippen LogP contribution in [0, 0.1) is 12.8 Å². The highest BCUT2D eigenvalue weighted by Gasteiger charge is 2.34. The molecule has 0 aromatic heterocycles. The number of piperidine rings is 1. The van der Waals surface area contributed by atoms with E-state index in [0.29, 0.717) is 50.0 Å².